The number of aromatic amines is 1. The second kappa shape index (κ2) is 6.89. The van der Waals surface area contributed by atoms with Gasteiger partial charge in [0.05, 0.1) is 0 Å². The molecule has 3 aromatic rings. The molecule has 0 aliphatic heterocycles. The summed E-state index contributed by atoms with van der Waals surface area (Å²) in [5.41, 5.74) is 3.08. The van der Waals surface area contributed by atoms with Crippen LogP contribution in [0.5, 0.6) is 0 Å². The minimum absolute atomic E-state index is 0.138. The molecule has 4 nitrogen and oxygen atoms in total. The zero-order valence-corrected chi connectivity index (χ0v) is 14.0. The lowest BCUT2D eigenvalue weighted by atomic mass is 10.1. The molecule has 2 aromatic carbocycles. The lowest BCUT2D eigenvalue weighted by Crippen LogP contribution is -2.17. The number of hydrogen-bond acceptors (Lipinski definition) is 2. The van der Waals surface area contributed by atoms with Crippen molar-refractivity contribution in [2.45, 2.75) is 19.8 Å². The van der Waals surface area contributed by atoms with Gasteiger partial charge in [0.15, 0.2) is 0 Å². The number of aryl methyl sites for hydroxylation is 2. The highest BCUT2D eigenvalue weighted by molar-refractivity contribution is 6.30. The molecule has 0 bridgehead atoms. The summed E-state index contributed by atoms with van der Waals surface area (Å²) in [7, 11) is 0. The number of pyridine rings is 1. The Labute approximate surface area is 144 Å². The molecule has 0 saturated carbocycles. The summed E-state index contributed by atoms with van der Waals surface area (Å²) in [5, 5.41) is 4.39. The van der Waals surface area contributed by atoms with Crippen molar-refractivity contribution in [2.24, 2.45) is 0 Å². The van der Waals surface area contributed by atoms with E-state index < -0.39 is 0 Å². The van der Waals surface area contributed by atoms with Crippen molar-refractivity contribution < 1.29 is 4.79 Å². The minimum atomic E-state index is -0.148. The van der Waals surface area contributed by atoms with E-state index in [1.54, 1.807) is 24.3 Å². The molecule has 0 aliphatic carbocycles. The number of anilines is 1. The molecule has 0 fully saturated rings. The van der Waals surface area contributed by atoms with E-state index >= 15 is 0 Å². The van der Waals surface area contributed by atoms with Gasteiger partial charge in [-0.25, -0.2) is 0 Å². The average Bonchev–Trinajstić information content (AvgIpc) is 2.55. The van der Waals surface area contributed by atoms with Gasteiger partial charge in [0.1, 0.15) is 0 Å². The Morgan fingerprint density at radius 3 is 2.62 bits per heavy atom. The number of H-pyrrole nitrogens is 1. The van der Waals surface area contributed by atoms with Crippen LogP contribution in [-0.4, -0.2) is 10.9 Å². The number of hydrogen-bond donors (Lipinski definition) is 2. The van der Waals surface area contributed by atoms with Gasteiger partial charge in [-0.3, -0.25) is 9.59 Å². The number of nitrogens with one attached hydrogen (secondary N) is 2. The Bertz CT molecular complexity index is 946. The zero-order valence-electron chi connectivity index (χ0n) is 13.2. The highest BCUT2D eigenvalue weighted by Crippen LogP contribution is 2.15. The van der Waals surface area contributed by atoms with E-state index in [4.69, 9.17) is 11.6 Å². The molecule has 24 heavy (non-hydrogen) atoms. The quantitative estimate of drug-likeness (QED) is 0.752. The lowest BCUT2D eigenvalue weighted by Gasteiger charge is -2.06. The fourth-order valence-corrected chi connectivity index (χ4v) is 2.69. The van der Waals surface area contributed by atoms with Crippen molar-refractivity contribution in [2.75, 3.05) is 5.32 Å². The Morgan fingerprint density at radius 1 is 1.12 bits per heavy atom. The van der Waals surface area contributed by atoms with Gasteiger partial charge in [0.2, 0.25) is 5.91 Å². The summed E-state index contributed by atoms with van der Waals surface area (Å²) in [6, 6.07) is 14.6. The topological polar surface area (TPSA) is 62.0 Å². The third-order valence-corrected chi connectivity index (χ3v) is 4.08. The first-order valence-corrected chi connectivity index (χ1v) is 8.07. The highest BCUT2D eigenvalue weighted by atomic mass is 35.5. The van der Waals surface area contributed by atoms with Crippen molar-refractivity contribution in [3.63, 3.8) is 0 Å². The molecule has 122 valence electrons. The largest absolute Gasteiger partial charge is 0.326 e. The summed E-state index contributed by atoms with van der Waals surface area (Å²) in [5.74, 6) is -0.138. The van der Waals surface area contributed by atoms with Crippen LogP contribution in [0.2, 0.25) is 5.02 Å². The molecule has 1 amide bonds. The van der Waals surface area contributed by atoms with Gasteiger partial charge < -0.3 is 10.3 Å². The molecule has 0 spiro atoms. The Kier molecular flexibility index (Phi) is 4.67. The predicted octanol–water partition coefficient (Wildman–Crippen LogP) is 4.06. The summed E-state index contributed by atoms with van der Waals surface area (Å²) in [4.78, 5) is 27.0. The predicted molar refractivity (Wildman–Crippen MR) is 97.7 cm³/mol. The summed E-state index contributed by atoms with van der Waals surface area (Å²) >= 11 is 5.81. The van der Waals surface area contributed by atoms with Crippen LogP contribution in [0, 0.1) is 6.92 Å². The first-order valence-electron chi connectivity index (χ1n) is 7.69. The van der Waals surface area contributed by atoms with Crippen LogP contribution in [0.1, 0.15) is 17.5 Å². The fourth-order valence-electron chi connectivity index (χ4n) is 2.56. The molecule has 0 radical (unpaired) electrons. The molecule has 3 rings (SSSR count). The molecule has 0 atom stereocenters. The molecule has 1 aromatic heterocycles. The van der Waals surface area contributed by atoms with E-state index in [9.17, 15) is 9.59 Å². The van der Waals surface area contributed by atoms with E-state index in [1.807, 2.05) is 31.2 Å². The fraction of sp³-hybridized carbons (Fsp3) is 0.158. The highest BCUT2D eigenvalue weighted by Gasteiger charge is 2.07. The van der Waals surface area contributed by atoms with Crippen LogP contribution < -0.4 is 10.9 Å². The van der Waals surface area contributed by atoms with Crippen LogP contribution >= 0.6 is 11.6 Å². The van der Waals surface area contributed by atoms with Crippen LogP contribution in [0.4, 0.5) is 5.69 Å². The zero-order chi connectivity index (χ0) is 17.1. The Morgan fingerprint density at radius 2 is 1.88 bits per heavy atom. The molecule has 0 unspecified atom stereocenters. The number of halogens is 1. The van der Waals surface area contributed by atoms with Gasteiger partial charge in [-0.2, -0.15) is 0 Å². The summed E-state index contributed by atoms with van der Waals surface area (Å²) < 4.78 is 0. The molecule has 2 N–H and O–H groups in total. The number of aromatic nitrogens is 1. The Balaban J connectivity index is 1.70. The summed E-state index contributed by atoms with van der Waals surface area (Å²) in [6.45, 7) is 2.00. The van der Waals surface area contributed by atoms with Crippen LogP contribution in [0.15, 0.2) is 53.3 Å². The maximum absolute atomic E-state index is 12.1. The maximum Gasteiger partial charge on any atom is 0.251 e. The molecular formula is C19H17ClN2O2. The van der Waals surface area contributed by atoms with Gasteiger partial charge in [-0.15, -0.1) is 0 Å². The first kappa shape index (κ1) is 16.3. The first-order chi connectivity index (χ1) is 11.5. The van der Waals surface area contributed by atoms with Crippen LogP contribution in [0.3, 0.4) is 0 Å². The number of rotatable bonds is 4. The molecule has 0 aliphatic rings. The normalized spacial score (nSPS) is 10.8. The van der Waals surface area contributed by atoms with Crippen molar-refractivity contribution in [1.29, 1.82) is 0 Å². The van der Waals surface area contributed by atoms with Gasteiger partial charge in [-0.05, 0) is 61.2 Å². The maximum atomic E-state index is 12.1. The van der Waals surface area contributed by atoms with E-state index in [2.05, 4.69) is 10.3 Å². The number of fused-ring (bicyclic) bond motifs is 1. The monoisotopic (exact) mass is 340 g/mol. The second-order valence-electron chi connectivity index (χ2n) is 5.77. The average molecular weight is 341 g/mol. The number of amides is 1. The number of carbonyl (C=O) groups excluding carboxylic acids is 1. The van der Waals surface area contributed by atoms with Gasteiger partial charge in [0, 0.05) is 28.2 Å². The Hall–Kier alpha value is -2.59. The molecule has 0 saturated heterocycles. The van der Waals surface area contributed by atoms with E-state index in [1.165, 1.54) is 0 Å². The van der Waals surface area contributed by atoms with Crippen molar-refractivity contribution in [3.05, 3.63) is 75.0 Å². The third kappa shape index (κ3) is 3.84. The van der Waals surface area contributed by atoms with E-state index in [0.29, 0.717) is 22.7 Å². The van der Waals surface area contributed by atoms with Crippen LogP contribution in [0.25, 0.3) is 10.9 Å². The summed E-state index contributed by atoms with van der Waals surface area (Å²) in [6.07, 6.45) is 0.627. The second-order valence-corrected chi connectivity index (χ2v) is 6.21. The van der Waals surface area contributed by atoms with Gasteiger partial charge in [0.25, 0.3) is 5.56 Å². The van der Waals surface area contributed by atoms with Gasteiger partial charge in [-0.1, -0.05) is 23.2 Å². The van der Waals surface area contributed by atoms with E-state index in [-0.39, 0.29) is 17.9 Å². The third-order valence-electron chi connectivity index (χ3n) is 3.83. The van der Waals surface area contributed by atoms with E-state index in [0.717, 1.165) is 16.5 Å². The smallest absolute Gasteiger partial charge is 0.251 e. The van der Waals surface area contributed by atoms with Crippen molar-refractivity contribution in [1.82, 2.24) is 4.98 Å². The SMILES string of the molecule is Cc1ccc2[nH]c(=O)c(CCC(=O)Nc3ccc(Cl)cc3)cc2c1. The van der Waals surface area contributed by atoms with Crippen molar-refractivity contribution in [3.8, 4) is 0 Å². The number of carbonyl (C=O) groups is 1. The number of benzene rings is 2. The molecular weight excluding hydrogens is 324 g/mol. The van der Waals surface area contributed by atoms with Crippen molar-refractivity contribution >= 4 is 34.1 Å². The molecule has 5 heteroatoms. The molecule has 1 heterocycles. The van der Waals surface area contributed by atoms with Crippen LogP contribution in [-0.2, 0) is 11.2 Å². The minimum Gasteiger partial charge on any atom is -0.326 e. The van der Waals surface area contributed by atoms with Gasteiger partial charge >= 0.3 is 0 Å². The standard InChI is InChI=1S/C19H17ClN2O2/c1-12-2-8-17-14(10-12)11-13(19(24)22-17)3-9-18(23)21-16-6-4-15(20)5-7-16/h2,4-8,10-11H,3,9H2,1H3,(H,21,23)(H,22,24). The lowest BCUT2D eigenvalue weighted by molar-refractivity contribution is -0.116.